The lowest BCUT2D eigenvalue weighted by Crippen LogP contribution is -2.27. The number of benzene rings is 1. The van der Waals surface area contributed by atoms with Crippen LogP contribution in [-0.2, 0) is 4.74 Å². The summed E-state index contributed by atoms with van der Waals surface area (Å²) in [4.78, 5) is 11.8. The van der Waals surface area contributed by atoms with Gasteiger partial charge in [0.05, 0.1) is 17.5 Å². The third-order valence-corrected chi connectivity index (χ3v) is 3.07. The highest BCUT2D eigenvalue weighted by Gasteiger charge is 2.18. The van der Waals surface area contributed by atoms with Crippen LogP contribution >= 0.6 is 0 Å². The van der Waals surface area contributed by atoms with Crippen LogP contribution in [0, 0.1) is 5.41 Å². The van der Waals surface area contributed by atoms with Crippen LogP contribution < -0.4 is 16.4 Å². The molecule has 0 saturated carbocycles. The van der Waals surface area contributed by atoms with E-state index in [1.54, 1.807) is 39.0 Å². The van der Waals surface area contributed by atoms with Crippen LogP contribution in [-0.4, -0.2) is 29.4 Å². The summed E-state index contributed by atoms with van der Waals surface area (Å²) in [7, 11) is 0. The number of anilines is 3. The van der Waals surface area contributed by atoms with Crippen LogP contribution in [0.4, 0.5) is 21.9 Å². The summed E-state index contributed by atoms with van der Waals surface area (Å²) in [5.41, 5.74) is 7.22. The minimum Gasteiger partial charge on any atom is -0.444 e. The summed E-state index contributed by atoms with van der Waals surface area (Å²) >= 11 is 0. The largest absolute Gasteiger partial charge is 0.444 e. The van der Waals surface area contributed by atoms with Gasteiger partial charge >= 0.3 is 6.09 Å². The lowest BCUT2D eigenvalue weighted by molar-refractivity contribution is 0.0636. The van der Waals surface area contributed by atoms with Gasteiger partial charge in [0, 0.05) is 12.2 Å². The first-order chi connectivity index (χ1) is 10.9. The van der Waals surface area contributed by atoms with Crippen molar-refractivity contribution in [3.63, 3.8) is 0 Å². The van der Waals surface area contributed by atoms with E-state index in [-0.39, 0.29) is 5.41 Å². The van der Waals surface area contributed by atoms with Crippen LogP contribution in [0.1, 0.15) is 48.0 Å². The molecule has 0 spiro atoms. The Kier molecular flexibility index (Phi) is 6.49. The van der Waals surface area contributed by atoms with Crippen LogP contribution in [0.3, 0.4) is 0 Å². The zero-order valence-corrected chi connectivity index (χ0v) is 15.6. The molecule has 0 aliphatic rings. The molecule has 0 aliphatic carbocycles. The number of amides is 1. The molecule has 0 radical (unpaired) electrons. The van der Waals surface area contributed by atoms with Crippen molar-refractivity contribution in [3.05, 3.63) is 18.2 Å². The maximum atomic E-state index is 11.8. The average molecular weight is 337 g/mol. The van der Waals surface area contributed by atoms with Gasteiger partial charge in [0.25, 0.3) is 0 Å². The Labute approximate surface area is 144 Å². The molecule has 1 aromatic rings. The van der Waals surface area contributed by atoms with Crippen molar-refractivity contribution in [1.29, 1.82) is 0 Å². The van der Waals surface area contributed by atoms with Crippen molar-refractivity contribution in [3.8, 4) is 0 Å². The van der Waals surface area contributed by atoms with E-state index in [2.05, 4.69) is 31.4 Å². The molecule has 1 unspecified atom stereocenters. The maximum absolute atomic E-state index is 11.8. The molecule has 1 amide bonds. The second-order valence-corrected chi connectivity index (χ2v) is 8.23. The maximum Gasteiger partial charge on any atom is 0.412 e. The fourth-order valence-electron chi connectivity index (χ4n) is 2.22. The molecule has 1 aromatic carbocycles. The second kappa shape index (κ2) is 7.75. The van der Waals surface area contributed by atoms with Gasteiger partial charge in [-0.2, -0.15) is 0 Å². The number of nitrogen functional groups attached to an aromatic ring is 1. The predicted molar refractivity (Wildman–Crippen MR) is 99.3 cm³/mol. The van der Waals surface area contributed by atoms with E-state index in [0.717, 1.165) is 0 Å². The monoisotopic (exact) mass is 337 g/mol. The van der Waals surface area contributed by atoms with Crippen molar-refractivity contribution < 1.29 is 14.6 Å². The minimum absolute atomic E-state index is 0.0484. The first kappa shape index (κ1) is 20.1. The fourth-order valence-corrected chi connectivity index (χ4v) is 2.22. The van der Waals surface area contributed by atoms with Gasteiger partial charge in [0.15, 0.2) is 0 Å². The molecular formula is C18H31N3O3. The lowest BCUT2D eigenvalue weighted by atomic mass is 9.89. The molecule has 0 heterocycles. The van der Waals surface area contributed by atoms with Gasteiger partial charge in [0.2, 0.25) is 0 Å². The van der Waals surface area contributed by atoms with Crippen LogP contribution in [0.25, 0.3) is 0 Å². The summed E-state index contributed by atoms with van der Waals surface area (Å²) in [6.07, 6.45) is -0.326. The number of aliphatic hydroxyl groups is 1. The van der Waals surface area contributed by atoms with Crippen LogP contribution in [0.5, 0.6) is 0 Å². The SMILES string of the molecule is CC(C)(C)CC(O)CNc1cc(NC(=O)OC(C)(C)C)ccc1N. The van der Waals surface area contributed by atoms with Crippen molar-refractivity contribution in [1.82, 2.24) is 0 Å². The summed E-state index contributed by atoms with van der Waals surface area (Å²) in [6.45, 7) is 12.0. The molecule has 5 N–H and O–H groups in total. The van der Waals surface area contributed by atoms with Crippen LogP contribution in [0.2, 0.25) is 0 Å². The molecule has 6 nitrogen and oxygen atoms in total. The van der Waals surface area contributed by atoms with Crippen molar-refractivity contribution >= 4 is 23.2 Å². The van der Waals surface area contributed by atoms with Crippen molar-refractivity contribution in [2.45, 2.75) is 59.7 Å². The van der Waals surface area contributed by atoms with E-state index < -0.39 is 17.8 Å². The summed E-state index contributed by atoms with van der Waals surface area (Å²) < 4.78 is 5.22. The molecule has 6 heteroatoms. The Morgan fingerprint density at radius 2 is 1.88 bits per heavy atom. The van der Waals surface area contributed by atoms with E-state index in [4.69, 9.17) is 10.5 Å². The molecule has 24 heavy (non-hydrogen) atoms. The van der Waals surface area contributed by atoms with E-state index in [1.165, 1.54) is 0 Å². The van der Waals surface area contributed by atoms with Gasteiger partial charge in [-0.1, -0.05) is 20.8 Å². The van der Waals surface area contributed by atoms with Crippen LogP contribution in [0.15, 0.2) is 18.2 Å². The third-order valence-electron chi connectivity index (χ3n) is 3.07. The van der Waals surface area contributed by atoms with Crippen molar-refractivity contribution in [2.75, 3.05) is 22.9 Å². The van der Waals surface area contributed by atoms with E-state index in [0.29, 0.717) is 30.0 Å². The van der Waals surface area contributed by atoms with Crippen molar-refractivity contribution in [2.24, 2.45) is 5.41 Å². The standard InChI is InChI=1S/C18H31N3O3/c1-17(2,3)10-13(22)11-20-15-9-12(7-8-14(15)19)21-16(23)24-18(4,5)6/h7-9,13,20,22H,10-11,19H2,1-6H3,(H,21,23). The number of hydrogen-bond donors (Lipinski definition) is 4. The Hall–Kier alpha value is -1.95. The first-order valence-corrected chi connectivity index (χ1v) is 8.17. The predicted octanol–water partition coefficient (Wildman–Crippen LogP) is 3.82. The first-order valence-electron chi connectivity index (χ1n) is 8.17. The highest BCUT2D eigenvalue weighted by atomic mass is 16.6. The number of ether oxygens (including phenoxy) is 1. The fraction of sp³-hybridized carbons (Fsp3) is 0.611. The normalized spacial score (nSPS) is 13.3. The van der Waals surface area contributed by atoms with Gasteiger partial charge in [0.1, 0.15) is 5.60 Å². The molecule has 0 fully saturated rings. The number of aliphatic hydroxyl groups excluding tert-OH is 1. The van der Waals surface area contributed by atoms with Gasteiger partial charge in [-0.05, 0) is 50.8 Å². The van der Waals surface area contributed by atoms with E-state index in [9.17, 15) is 9.90 Å². The molecule has 0 aliphatic heterocycles. The average Bonchev–Trinajstić information content (AvgIpc) is 2.35. The highest BCUT2D eigenvalue weighted by Crippen LogP contribution is 2.25. The van der Waals surface area contributed by atoms with Gasteiger partial charge < -0.3 is 20.9 Å². The van der Waals surface area contributed by atoms with E-state index >= 15 is 0 Å². The molecule has 136 valence electrons. The topological polar surface area (TPSA) is 96.6 Å². The zero-order chi connectivity index (χ0) is 18.5. The number of hydrogen-bond acceptors (Lipinski definition) is 5. The van der Waals surface area contributed by atoms with Gasteiger partial charge in [-0.3, -0.25) is 5.32 Å². The number of carbonyl (C=O) groups is 1. The molecular weight excluding hydrogens is 306 g/mol. The zero-order valence-electron chi connectivity index (χ0n) is 15.6. The number of nitrogens with one attached hydrogen (secondary N) is 2. The lowest BCUT2D eigenvalue weighted by Gasteiger charge is -2.23. The number of rotatable bonds is 5. The Morgan fingerprint density at radius 3 is 2.42 bits per heavy atom. The molecule has 0 aromatic heterocycles. The summed E-state index contributed by atoms with van der Waals surface area (Å²) in [5, 5.41) is 15.9. The Morgan fingerprint density at radius 1 is 1.25 bits per heavy atom. The quantitative estimate of drug-likeness (QED) is 0.612. The molecule has 0 saturated heterocycles. The highest BCUT2D eigenvalue weighted by molar-refractivity contribution is 5.87. The Balaban J connectivity index is 2.68. The van der Waals surface area contributed by atoms with E-state index in [1.807, 2.05) is 0 Å². The summed E-state index contributed by atoms with van der Waals surface area (Å²) in [6, 6.07) is 5.13. The molecule has 1 rings (SSSR count). The minimum atomic E-state index is -0.559. The molecule has 1 atom stereocenters. The van der Waals surface area contributed by atoms with Gasteiger partial charge in [-0.15, -0.1) is 0 Å². The number of nitrogens with two attached hydrogens (primary N) is 1. The molecule has 0 bridgehead atoms. The smallest absolute Gasteiger partial charge is 0.412 e. The number of carbonyl (C=O) groups excluding carboxylic acids is 1. The van der Waals surface area contributed by atoms with Gasteiger partial charge in [-0.25, -0.2) is 4.79 Å². The second-order valence-electron chi connectivity index (χ2n) is 8.23. The third kappa shape index (κ3) is 8.06. The summed E-state index contributed by atoms with van der Waals surface area (Å²) in [5.74, 6) is 0. The Bertz CT molecular complexity index is 560.